The summed E-state index contributed by atoms with van der Waals surface area (Å²) in [5.41, 5.74) is 0. The molecule has 0 N–H and O–H groups in total. The number of unbranched alkanes of at least 4 members (excludes halogenated alkanes) is 3. The summed E-state index contributed by atoms with van der Waals surface area (Å²) >= 11 is 4.14. The molecule has 0 heterocycles. The van der Waals surface area contributed by atoms with Gasteiger partial charge in [0, 0.05) is 20.0 Å². The number of amides is 1. The summed E-state index contributed by atoms with van der Waals surface area (Å²) in [6.07, 6.45) is 6.21. The molecule has 0 aliphatic heterocycles. The van der Waals surface area contributed by atoms with Crippen molar-refractivity contribution < 1.29 is 4.79 Å². The predicted octanol–water partition coefficient (Wildman–Crippen LogP) is 2.74. The normalized spacial score (nSPS) is 10.2. The van der Waals surface area contributed by atoms with Crippen LogP contribution in [0.4, 0.5) is 0 Å². The van der Waals surface area contributed by atoms with E-state index < -0.39 is 0 Å². The molecule has 1 amide bonds. The standard InChI is InChI=1S/C11H23NOS/c1-3-4-9-12(2)11(13)8-6-5-7-10-14/h14H,3-10H2,1-2H3. The maximum absolute atomic E-state index is 11.5. The molecular formula is C11H23NOS. The highest BCUT2D eigenvalue weighted by molar-refractivity contribution is 7.80. The van der Waals surface area contributed by atoms with Crippen molar-refractivity contribution in [3.63, 3.8) is 0 Å². The highest BCUT2D eigenvalue weighted by Crippen LogP contribution is 2.04. The highest BCUT2D eigenvalue weighted by Gasteiger charge is 2.06. The van der Waals surface area contributed by atoms with Crippen molar-refractivity contribution in [2.45, 2.75) is 45.4 Å². The lowest BCUT2D eigenvalue weighted by Crippen LogP contribution is -2.27. The quantitative estimate of drug-likeness (QED) is 0.489. The van der Waals surface area contributed by atoms with Gasteiger partial charge < -0.3 is 4.90 Å². The Hall–Kier alpha value is -0.180. The Bertz CT molecular complexity index is 150. The zero-order valence-corrected chi connectivity index (χ0v) is 10.4. The highest BCUT2D eigenvalue weighted by atomic mass is 32.1. The molecular weight excluding hydrogens is 194 g/mol. The van der Waals surface area contributed by atoms with Gasteiger partial charge in [0.2, 0.25) is 5.91 Å². The zero-order valence-electron chi connectivity index (χ0n) is 9.46. The van der Waals surface area contributed by atoms with E-state index in [1.807, 2.05) is 11.9 Å². The van der Waals surface area contributed by atoms with E-state index in [0.717, 1.165) is 44.4 Å². The molecule has 14 heavy (non-hydrogen) atoms. The summed E-state index contributed by atoms with van der Waals surface area (Å²) in [5, 5.41) is 0. The van der Waals surface area contributed by atoms with E-state index in [9.17, 15) is 4.79 Å². The van der Waals surface area contributed by atoms with E-state index >= 15 is 0 Å². The maximum atomic E-state index is 11.5. The summed E-state index contributed by atoms with van der Waals surface area (Å²) in [4.78, 5) is 13.4. The Morgan fingerprint density at radius 2 is 1.93 bits per heavy atom. The van der Waals surface area contributed by atoms with Crippen LogP contribution in [0.25, 0.3) is 0 Å². The Morgan fingerprint density at radius 1 is 1.21 bits per heavy atom. The first kappa shape index (κ1) is 13.8. The zero-order chi connectivity index (χ0) is 10.8. The summed E-state index contributed by atoms with van der Waals surface area (Å²) in [7, 11) is 1.90. The molecule has 0 unspecified atom stereocenters. The van der Waals surface area contributed by atoms with Crippen LogP contribution >= 0.6 is 12.6 Å². The summed E-state index contributed by atoms with van der Waals surface area (Å²) < 4.78 is 0. The Morgan fingerprint density at radius 3 is 2.50 bits per heavy atom. The van der Waals surface area contributed by atoms with E-state index in [2.05, 4.69) is 19.6 Å². The van der Waals surface area contributed by atoms with Gasteiger partial charge in [-0.05, 0) is 25.0 Å². The second-order valence-corrected chi connectivity index (χ2v) is 4.15. The summed E-state index contributed by atoms with van der Waals surface area (Å²) in [6, 6.07) is 0. The van der Waals surface area contributed by atoms with Crippen LogP contribution in [-0.4, -0.2) is 30.2 Å². The number of hydrogen-bond donors (Lipinski definition) is 1. The van der Waals surface area contributed by atoms with Crippen molar-refractivity contribution in [1.82, 2.24) is 4.90 Å². The van der Waals surface area contributed by atoms with Gasteiger partial charge in [-0.25, -0.2) is 0 Å². The van der Waals surface area contributed by atoms with Crippen LogP contribution in [0.2, 0.25) is 0 Å². The monoisotopic (exact) mass is 217 g/mol. The smallest absolute Gasteiger partial charge is 0.222 e. The molecule has 0 aromatic carbocycles. The third kappa shape index (κ3) is 7.25. The fourth-order valence-corrected chi connectivity index (χ4v) is 1.50. The third-order valence-electron chi connectivity index (χ3n) is 2.32. The average Bonchev–Trinajstić information content (AvgIpc) is 2.20. The van der Waals surface area contributed by atoms with Crippen molar-refractivity contribution in [2.75, 3.05) is 19.3 Å². The predicted molar refractivity (Wildman–Crippen MR) is 64.9 cm³/mol. The van der Waals surface area contributed by atoms with Crippen molar-refractivity contribution in [2.24, 2.45) is 0 Å². The number of rotatable bonds is 8. The molecule has 0 saturated carbocycles. The van der Waals surface area contributed by atoms with Crippen LogP contribution in [0.3, 0.4) is 0 Å². The molecule has 0 spiro atoms. The van der Waals surface area contributed by atoms with E-state index in [-0.39, 0.29) is 5.91 Å². The number of hydrogen-bond acceptors (Lipinski definition) is 2. The fraction of sp³-hybridized carbons (Fsp3) is 0.909. The molecule has 84 valence electrons. The molecule has 0 bridgehead atoms. The Labute approximate surface area is 93.5 Å². The second-order valence-electron chi connectivity index (χ2n) is 3.70. The van der Waals surface area contributed by atoms with Crippen LogP contribution in [0.15, 0.2) is 0 Å². The molecule has 0 aliphatic rings. The van der Waals surface area contributed by atoms with Gasteiger partial charge in [-0.15, -0.1) is 0 Å². The van der Waals surface area contributed by atoms with Crippen LogP contribution in [0.1, 0.15) is 45.4 Å². The van der Waals surface area contributed by atoms with Crippen molar-refractivity contribution in [3.05, 3.63) is 0 Å². The summed E-state index contributed by atoms with van der Waals surface area (Å²) in [6.45, 7) is 3.05. The minimum atomic E-state index is 0.289. The van der Waals surface area contributed by atoms with E-state index in [0.29, 0.717) is 6.42 Å². The van der Waals surface area contributed by atoms with E-state index in [1.165, 1.54) is 0 Å². The van der Waals surface area contributed by atoms with Gasteiger partial charge in [0.1, 0.15) is 0 Å². The lowest BCUT2D eigenvalue weighted by molar-refractivity contribution is -0.130. The average molecular weight is 217 g/mol. The molecule has 2 nitrogen and oxygen atoms in total. The third-order valence-corrected chi connectivity index (χ3v) is 2.64. The van der Waals surface area contributed by atoms with Gasteiger partial charge in [-0.3, -0.25) is 4.79 Å². The van der Waals surface area contributed by atoms with Crippen LogP contribution in [0, 0.1) is 0 Å². The molecule has 0 radical (unpaired) electrons. The Balaban J connectivity index is 3.42. The van der Waals surface area contributed by atoms with Gasteiger partial charge >= 0.3 is 0 Å². The van der Waals surface area contributed by atoms with Gasteiger partial charge in [0.05, 0.1) is 0 Å². The first-order valence-corrected chi connectivity index (χ1v) is 6.20. The van der Waals surface area contributed by atoms with Gasteiger partial charge in [-0.1, -0.05) is 19.8 Å². The molecule has 0 rings (SSSR count). The van der Waals surface area contributed by atoms with Crippen LogP contribution in [0.5, 0.6) is 0 Å². The summed E-state index contributed by atoms with van der Waals surface area (Å²) in [5.74, 6) is 1.22. The maximum Gasteiger partial charge on any atom is 0.222 e. The van der Waals surface area contributed by atoms with Crippen LogP contribution in [-0.2, 0) is 4.79 Å². The van der Waals surface area contributed by atoms with Crippen molar-refractivity contribution in [3.8, 4) is 0 Å². The van der Waals surface area contributed by atoms with E-state index in [1.54, 1.807) is 0 Å². The minimum absolute atomic E-state index is 0.289. The molecule has 0 saturated heterocycles. The molecule has 0 fully saturated rings. The molecule has 0 atom stereocenters. The number of thiol groups is 1. The number of carbonyl (C=O) groups excluding carboxylic acids is 1. The van der Waals surface area contributed by atoms with Crippen molar-refractivity contribution in [1.29, 1.82) is 0 Å². The largest absolute Gasteiger partial charge is 0.346 e. The second kappa shape index (κ2) is 9.38. The Kier molecular flexibility index (Phi) is 9.26. The lowest BCUT2D eigenvalue weighted by atomic mass is 10.2. The van der Waals surface area contributed by atoms with Gasteiger partial charge in [0.25, 0.3) is 0 Å². The lowest BCUT2D eigenvalue weighted by Gasteiger charge is -2.16. The molecule has 3 heteroatoms. The minimum Gasteiger partial charge on any atom is -0.346 e. The van der Waals surface area contributed by atoms with E-state index in [4.69, 9.17) is 0 Å². The first-order valence-electron chi connectivity index (χ1n) is 5.57. The van der Waals surface area contributed by atoms with Crippen LogP contribution < -0.4 is 0 Å². The molecule has 0 aromatic heterocycles. The van der Waals surface area contributed by atoms with Gasteiger partial charge in [-0.2, -0.15) is 12.6 Å². The number of nitrogens with zero attached hydrogens (tertiary/aromatic N) is 1. The van der Waals surface area contributed by atoms with Crippen molar-refractivity contribution >= 4 is 18.5 Å². The number of carbonyl (C=O) groups is 1. The van der Waals surface area contributed by atoms with Gasteiger partial charge in [0.15, 0.2) is 0 Å². The SMILES string of the molecule is CCCCN(C)C(=O)CCCCCS. The molecule has 0 aliphatic carbocycles. The fourth-order valence-electron chi connectivity index (χ4n) is 1.28. The first-order chi connectivity index (χ1) is 6.72. The topological polar surface area (TPSA) is 20.3 Å². The molecule has 0 aromatic rings.